The summed E-state index contributed by atoms with van der Waals surface area (Å²) in [6.45, 7) is 3.70. The van der Waals surface area contributed by atoms with E-state index in [4.69, 9.17) is 5.11 Å². The van der Waals surface area contributed by atoms with E-state index in [-0.39, 0.29) is 12.5 Å². The van der Waals surface area contributed by atoms with Crippen LogP contribution in [0.2, 0.25) is 0 Å². The molecule has 0 saturated carbocycles. The highest BCUT2D eigenvalue weighted by atomic mass is 16.4. The van der Waals surface area contributed by atoms with Crippen molar-refractivity contribution < 1.29 is 14.7 Å². The van der Waals surface area contributed by atoms with Gasteiger partial charge >= 0.3 is 5.97 Å². The highest BCUT2D eigenvalue weighted by Crippen LogP contribution is 2.09. The van der Waals surface area contributed by atoms with Gasteiger partial charge in [-0.3, -0.25) is 9.59 Å². The molecule has 0 fully saturated rings. The Bertz CT molecular complexity index is 497. The Morgan fingerprint density at radius 3 is 2.42 bits per heavy atom. The largest absolute Gasteiger partial charge is 0.481 e. The predicted octanol–water partition coefficient (Wildman–Crippen LogP) is 1.51. The fourth-order valence-corrected chi connectivity index (χ4v) is 1.51. The minimum absolute atomic E-state index is 0.0418. The molecule has 1 aromatic rings. The van der Waals surface area contributed by atoms with Crippen molar-refractivity contribution in [3.63, 3.8) is 0 Å². The van der Waals surface area contributed by atoms with Crippen molar-refractivity contribution in [3.05, 3.63) is 35.9 Å². The van der Waals surface area contributed by atoms with Crippen LogP contribution in [-0.4, -0.2) is 23.5 Å². The summed E-state index contributed by atoms with van der Waals surface area (Å²) in [6, 6.07) is 9.14. The first-order valence-corrected chi connectivity index (χ1v) is 6.08. The van der Waals surface area contributed by atoms with Crippen LogP contribution >= 0.6 is 0 Å². The molecule has 0 heterocycles. The molecule has 1 aromatic carbocycles. The molecule has 4 nitrogen and oxygen atoms in total. The van der Waals surface area contributed by atoms with Gasteiger partial charge in [-0.05, 0) is 18.1 Å². The van der Waals surface area contributed by atoms with Crippen LogP contribution < -0.4 is 5.32 Å². The van der Waals surface area contributed by atoms with E-state index < -0.39 is 17.8 Å². The topological polar surface area (TPSA) is 66.4 Å². The Balaban J connectivity index is 2.53. The lowest BCUT2D eigenvalue weighted by molar-refractivity contribution is -0.143. The lowest BCUT2D eigenvalue weighted by Gasteiger charge is -2.15. The van der Waals surface area contributed by atoms with Gasteiger partial charge in [-0.1, -0.05) is 38.0 Å². The second-order valence-electron chi connectivity index (χ2n) is 4.51. The van der Waals surface area contributed by atoms with Gasteiger partial charge in [0, 0.05) is 18.0 Å². The van der Waals surface area contributed by atoms with Gasteiger partial charge in [-0.15, -0.1) is 0 Å². The summed E-state index contributed by atoms with van der Waals surface area (Å²) in [4.78, 5) is 22.4. The summed E-state index contributed by atoms with van der Waals surface area (Å²) in [5.74, 6) is 3.15. The Morgan fingerprint density at radius 2 is 1.89 bits per heavy atom. The van der Waals surface area contributed by atoms with Gasteiger partial charge in [0.05, 0.1) is 5.92 Å². The van der Waals surface area contributed by atoms with E-state index in [2.05, 4.69) is 17.2 Å². The van der Waals surface area contributed by atoms with Crippen LogP contribution in [0.15, 0.2) is 30.3 Å². The molecule has 0 radical (unpaired) electrons. The van der Waals surface area contributed by atoms with Gasteiger partial charge in [0.1, 0.15) is 0 Å². The standard InChI is InChI=1S/C15H17NO3/c1-11(2)13(15(18)19)10-16-14(17)9-8-12-6-4-3-5-7-12/h3-7,11,13H,10H2,1-2H3,(H,16,17)(H,18,19). The van der Waals surface area contributed by atoms with Crippen LogP contribution in [0, 0.1) is 23.7 Å². The Morgan fingerprint density at radius 1 is 1.26 bits per heavy atom. The highest BCUT2D eigenvalue weighted by Gasteiger charge is 2.21. The molecular weight excluding hydrogens is 242 g/mol. The molecule has 0 spiro atoms. The van der Waals surface area contributed by atoms with Crippen LogP contribution in [0.5, 0.6) is 0 Å². The van der Waals surface area contributed by atoms with Crippen molar-refractivity contribution >= 4 is 11.9 Å². The van der Waals surface area contributed by atoms with Crippen LogP contribution in [-0.2, 0) is 9.59 Å². The molecular formula is C15H17NO3. The van der Waals surface area contributed by atoms with Gasteiger partial charge in [0.2, 0.25) is 0 Å². The maximum absolute atomic E-state index is 11.5. The summed E-state index contributed by atoms with van der Waals surface area (Å²) < 4.78 is 0. The highest BCUT2D eigenvalue weighted by molar-refractivity contribution is 5.94. The van der Waals surface area contributed by atoms with E-state index in [0.29, 0.717) is 0 Å². The average Bonchev–Trinajstić information content (AvgIpc) is 2.37. The van der Waals surface area contributed by atoms with Gasteiger partial charge in [0.15, 0.2) is 0 Å². The number of carbonyl (C=O) groups excluding carboxylic acids is 1. The smallest absolute Gasteiger partial charge is 0.308 e. The minimum atomic E-state index is -0.911. The van der Waals surface area contributed by atoms with Crippen molar-refractivity contribution in [3.8, 4) is 11.8 Å². The number of nitrogens with one attached hydrogen (secondary N) is 1. The first-order valence-electron chi connectivity index (χ1n) is 6.08. The predicted molar refractivity (Wildman–Crippen MR) is 72.3 cm³/mol. The number of rotatable bonds is 4. The molecule has 2 N–H and O–H groups in total. The molecule has 1 unspecified atom stereocenters. The third-order valence-electron chi connectivity index (χ3n) is 2.70. The Kier molecular flexibility index (Phi) is 5.62. The van der Waals surface area contributed by atoms with Gasteiger partial charge in [-0.25, -0.2) is 0 Å². The fourth-order valence-electron chi connectivity index (χ4n) is 1.51. The van der Waals surface area contributed by atoms with E-state index in [0.717, 1.165) is 5.56 Å². The number of carboxylic acids is 1. The van der Waals surface area contributed by atoms with E-state index >= 15 is 0 Å². The number of carboxylic acid groups (broad SMARTS) is 1. The molecule has 19 heavy (non-hydrogen) atoms. The molecule has 0 bridgehead atoms. The van der Waals surface area contributed by atoms with Crippen molar-refractivity contribution in [2.75, 3.05) is 6.54 Å². The van der Waals surface area contributed by atoms with E-state index in [1.165, 1.54) is 0 Å². The number of carbonyl (C=O) groups is 2. The first-order chi connectivity index (χ1) is 9.00. The Hall–Kier alpha value is -2.28. The summed E-state index contributed by atoms with van der Waals surface area (Å²) in [5.41, 5.74) is 0.747. The molecule has 1 rings (SSSR count). The van der Waals surface area contributed by atoms with E-state index in [9.17, 15) is 9.59 Å². The molecule has 0 aromatic heterocycles. The maximum Gasteiger partial charge on any atom is 0.308 e. The molecule has 0 aliphatic heterocycles. The van der Waals surface area contributed by atoms with Crippen molar-refractivity contribution in [2.24, 2.45) is 11.8 Å². The maximum atomic E-state index is 11.5. The fraction of sp³-hybridized carbons (Fsp3) is 0.333. The van der Waals surface area contributed by atoms with Crippen LogP contribution in [0.3, 0.4) is 0 Å². The normalized spacial score (nSPS) is 11.3. The zero-order valence-electron chi connectivity index (χ0n) is 11.0. The minimum Gasteiger partial charge on any atom is -0.481 e. The third kappa shape index (κ3) is 5.26. The number of benzene rings is 1. The lowest BCUT2D eigenvalue weighted by atomic mass is 9.96. The zero-order valence-corrected chi connectivity index (χ0v) is 11.0. The second-order valence-corrected chi connectivity index (χ2v) is 4.51. The molecule has 1 amide bonds. The third-order valence-corrected chi connectivity index (χ3v) is 2.70. The quantitative estimate of drug-likeness (QED) is 0.805. The van der Waals surface area contributed by atoms with E-state index in [1.807, 2.05) is 18.2 Å². The molecule has 100 valence electrons. The SMILES string of the molecule is CC(C)C(CNC(=O)C#Cc1ccccc1)C(=O)O. The molecule has 0 aliphatic carbocycles. The van der Waals surface area contributed by atoms with E-state index in [1.54, 1.807) is 26.0 Å². The van der Waals surface area contributed by atoms with Crippen molar-refractivity contribution in [1.29, 1.82) is 0 Å². The van der Waals surface area contributed by atoms with Crippen LogP contribution in [0.1, 0.15) is 19.4 Å². The van der Waals surface area contributed by atoms with Crippen LogP contribution in [0.4, 0.5) is 0 Å². The lowest BCUT2D eigenvalue weighted by Crippen LogP contribution is -2.34. The van der Waals surface area contributed by atoms with Gasteiger partial charge in [-0.2, -0.15) is 0 Å². The number of amides is 1. The zero-order chi connectivity index (χ0) is 14.3. The Labute approximate surface area is 112 Å². The monoisotopic (exact) mass is 259 g/mol. The molecule has 1 atom stereocenters. The molecule has 0 saturated heterocycles. The summed E-state index contributed by atoms with van der Waals surface area (Å²) in [7, 11) is 0. The van der Waals surface area contributed by atoms with Crippen molar-refractivity contribution in [1.82, 2.24) is 5.32 Å². The van der Waals surface area contributed by atoms with Gasteiger partial charge < -0.3 is 10.4 Å². The number of hydrogen-bond acceptors (Lipinski definition) is 2. The van der Waals surface area contributed by atoms with Gasteiger partial charge in [0.25, 0.3) is 5.91 Å². The molecule has 4 heteroatoms. The summed E-state index contributed by atoms with van der Waals surface area (Å²) in [6.07, 6.45) is 0. The van der Waals surface area contributed by atoms with Crippen LogP contribution in [0.25, 0.3) is 0 Å². The number of hydrogen-bond donors (Lipinski definition) is 2. The first kappa shape index (κ1) is 14.8. The summed E-state index contributed by atoms with van der Waals surface area (Å²) >= 11 is 0. The van der Waals surface area contributed by atoms with Crippen molar-refractivity contribution in [2.45, 2.75) is 13.8 Å². The summed E-state index contributed by atoms with van der Waals surface area (Å²) in [5, 5.41) is 11.5. The number of aliphatic carboxylic acids is 1. The average molecular weight is 259 g/mol. The molecule has 0 aliphatic rings. The second kappa shape index (κ2) is 7.22.